The van der Waals surface area contributed by atoms with Gasteiger partial charge in [-0.2, -0.15) is 0 Å². The van der Waals surface area contributed by atoms with Crippen LogP contribution in [-0.4, -0.2) is 75.6 Å². The number of rotatable bonds is 6. The number of carbonyl (C=O) groups excluding carboxylic acids is 2. The summed E-state index contributed by atoms with van der Waals surface area (Å²) in [5.41, 5.74) is 1.01. The number of amides is 2. The second-order valence-electron chi connectivity index (χ2n) is 10.6. The van der Waals surface area contributed by atoms with Crippen molar-refractivity contribution >= 4 is 40.6 Å². The van der Waals surface area contributed by atoms with Crippen LogP contribution in [0.25, 0.3) is 11.0 Å². The first-order valence-electron chi connectivity index (χ1n) is 13.0. The first kappa shape index (κ1) is 27.0. The summed E-state index contributed by atoms with van der Waals surface area (Å²) in [5.74, 6) is 1.27. The van der Waals surface area contributed by atoms with Crippen molar-refractivity contribution in [3.05, 3.63) is 65.6 Å². The van der Waals surface area contributed by atoms with Crippen LogP contribution in [0.5, 0.6) is 0 Å². The predicted molar refractivity (Wildman–Crippen MR) is 151 cm³/mol. The zero-order chi connectivity index (χ0) is 27.6. The van der Waals surface area contributed by atoms with Crippen molar-refractivity contribution in [3.63, 3.8) is 0 Å². The molecule has 3 atom stereocenters. The maximum atomic E-state index is 13.8. The summed E-state index contributed by atoms with van der Waals surface area (Å²) in [5, 5.41) is 4.14. The van der Waals surface area contributed by atoms with Crippen LogP contribution in [0.3, 0.4) is 0 Å². The van der Waals surface area contributed by atoms with E-state index in [0.29, 0.717) is 24.4 Å². The number of ether oxygens (including phenoxy) is 2. The molecule has 1 saturated heterocycles. The molecule has 39 heavy (non-hydrogen) atoms. The van der Waals surface area contributed by atoms with Gasteiger partial charge in [0.15, 0.2) is 0 Å². The number of anilines is 1. The number of nitrogens with zero attached hydrogens (tertiary/aromatic N) is 4. The van der Waals surface area contributed by atoms with E-state index in [9.17, 15) is 9.59 Å². The number of aromatic amines is 1. The summed E-state index contributed by atoms with van der Waals surface area (Å²) in [4.78, 5) is 43.1. The van der Waals surface area contributed by atoms with Gasteiger partial charge in [0.1, 0.15) is 23.4 Å². The number of H-pyrrole nitrogens is 1. The molecule has 206 valence electrons. The fraction of sp³-hybridized carbons (Fsp3) is 0.429. The van der Waals surface area contributed by atoms with Crippen molar-refractivity contribution in [2.45, 2.75) is 51.0 Å². The monoisotopic (exact) mass is 550 g/mol. The summed E-state index contributed by atoms with van der Waals surface area (Å²) in [6, 6.07) is 10.9. The Balaban J connectivity index is 1.43. The van der Waals surface area contributed by atoms with E-state index in [1.165, 1.54) is 18.1 Å². The van der Waals surface area contributed by atoms with Gasteiger partial charge in [-0.15, -0.1) is 11.8 Å². The molecule has 0 saturated carbocycles. The van der Waals surface area contributed by atoms with E-state index in [0.717, 1.165) is 28.2 Å². The van der Waals surface area contributed by atoms with Crippen molar-refractivity contribution in [3.8, 4) is 0 Å². The molecule has 10 nitrogen and oxygen atoms in total. The van der Waals surface area contributed by atoms with E-state index < -0.39 is 17.7 Å². The molecule has 2 amide bonds. The molecule has 5 rings (SSSR count). The zero-order valence-corrected chi connectivity index (χ0v) is 23.4. The van der Waals surface area contributed by atoms with Gasteiger partial charge in [-0.1, -0.05) is 30.3 Å². The third-order valence-electron chi connectivity index (χ3n) is 6.79. The molecule has 2 aromatic heterocycles. The average molecular weight is 551 g/mol. The number of nitrogens with one attached hydrogen (secondary N) is 2. The van der Waals surface area contributed by atoms with Gasteiger partial charge in [0, 0.05) is 31.8 Å². The van der Waals surface area contributed by atoms with E-state index in [-0.39, 0.29) is 18.1 Å². The molecule has 0 radical (unpaired) electrons. The van der Waals surface area contributed by atoms with Gasteiger partial charge in [-0.25, -0.2) is 14.8 Å². The smallest absolute Gasteiger partial charge is 0.410 e. The van der Waals surface area contributed by atoms with Crippen LogP contribution >= 0.6 is 11.8 Å². The second-order valence-corrected chi connectivity index (χ2v) is 11.8. The minimum atomic E-state index is -0.642. The summed E-state index contributed by atoms with van der Waals surface area (Å²) < 4.78 is 11.4. The van der Waals surface area contributed by atoms with Crippen molar-refractivity contribution in [1.29, 1.82) is 0 Å². The van der Waals surface area contributed by atoms with Crippen molar-refractivity contribution in [2.24, 2.45) is 0 Å². The van der Waals surface area contributed by atoms with E-state index in [1.54, 1.807) is 12.0 Å². The molecular weight excluding hydrogens is 516 g/mol. The van der Waals surface area contributed by atoms with E-state index >= 15 is 0 Å². The summed E-state index contributed by atoms with van der Waals surface area (Å²) in [7, 11) is 1.64. The van der Waals surface area contributed by atoms with Gasteiger partial charge in [-0.3, -0.25) is 4.79 Å². The summed E-state index contributed by atoms with van der Waals surface area (Å²) >= 11 is 1.50. The van der Waals surface area contributed by atoms with Gasteiger partial charge in [-0.05, 0) is 38.8 Å². The Morgan fingerprint density at radius 2 is 1.97 bits per heavy atom. The highest BCUT2D eigenvalue weighted by atomic mass is 32.2. The molecule has 0 spiro atoms. The van der Waals surface area contributed by atoms with Crippen LogP contribution in [0.2, 0.25) is 0 Å². The van der Waals surface area contributed by atoms with E-state index in [1.807, 2.05) is 74.5 Å². The number of carbonyl (C=O) groups is 2. The molecule has 1 fully saturated rings. The Labute approximate surface area is 232 Å². The predicted octanol–water partition coefficient (Wildman–Crippen LogP) is 4.23. The number of fused-ring (bicyclic) bond motifs is 1. The highest BCUT2D eigenvalue weighted by Gasteiger charge is 2.43. The normalized spacial score (nSPS) is 20.6. The minimum absolute atomic E-state index is 0.161. The number of methoxy groups -OCH3 is 1. The molecule has 1 aromatic carbocycles. The number of hydrogen-bond acceptors (Lipinski definition) is 8. The van der Waals surface area contributed by atoms with Crippen LogP contribution in [0, 0.1) is 0 Å². The largest absolute Gasteiger partial charge is 0.444 e. The maximum Gasteiger partial charge on any atom is 0.410 e. The fourth-order valence-electron chi connectivity index (χ4n) is 4.99. The quantitative estimate of drug-likeness (QED) is 0.469. The third kappa shape index (κ3) is 6.04. The fourth-order valence-corrected chi connectivity index (χ4v) is 5.89. The molecule has 0 bridgehead atoms. The molecule has 0 aliphatic carbocycles. The zero-order valence-electron chi connectivity index (χ0n) is 22.6. The lowest BCUT2D eigenvalue weighted by Crippen LogP contribution is -2.47. The minimum Gasteiger partial charge on any atom is -0.444 e. The number of thioether (sulfide) groups is 1. The number of hydrogen-bond donors (Lipinski definition) is 2. The average Bonchev–Trinajstić information content (AvgIpc) is 3.58. The molecule has 2 aliphatic heterocycles. The van der Waals surface area contributed by atoms with Gasteiger partial charge in [0.2, 0.25) is 0 Å². The lowest BCUT2D eigenvalue weighted by Gasteiger charge is -2.34. The molecular formula is C28H34N6O4S. The highest BCUT2D eigenvalue weighted by molar-refractivity contribution is 8.04. The molecule has 11 heteroatoms. The maximum absolute atomic E-state index is 13.8. The Morgan fingerprint density at radius 3 is 2.72 bits per heavy atom. The lowest BCUT2D eigenvalue weighted by molar-refractivity contribution is -0.118. The first-order valence-corrected chi connectivity index (χ1v) is 14.0. The first-order chi connectivity index (χ1) is 18.7. The van der Waals surface area contributed by atoms with Crippen LogP contribution in [-0.2, 0) is 14.3 Å². The highest BCUT2D eigenvalue weighted by Crippen LogP contribution is 2.34. The summed E-state index contributed by atoms with van der Waals surface area (Å²) in [6.07, 6.45) is 5.19. The van der Waals surface area contributed by atoms with Crippen molar-refractivity contribution < 1.29 is 19.1 Å². The third-order valence-corrected chi connectivity index (χ3v) is 7.78. The Kier molecular flexibility index (Phi) is 7.81. The lowest BCUT2D eigenvalue weighted by atomic mass is 9.96. The number of benzene rings is 1. The number of aromatic nitrogens is 3. The van der Waals surface area contributed by atoms with Gasteiger partial charge >= 0.3 is 6.09 Å². The van der Waals surface area contributed by atoms with E-state index in [2.05, 4.69) is 20.3 Å². The molecule has 1 unspecified atom stereocenters. The van der Waals surface area contributed by atoms with Crippen LogP contribution in [0.1, 0.15) is 38.8 Å². The van der Waals surface area contributed by atoms with E-state index in [4.69, 9.17) is 9.47 Å². The summed E-state index contributed by atoms with van der Waals surface area (Å²) in [6.45, 7) is 6.64. The Morgan fingerprint density at radius 1 is 1.18 bits per heavy atom. The van der Waals surface area contributed by atoms with Gasteiger partial charge in [0.25, 0.3) is 5.91 Å². The van der Waals surface area contributed by atoms with Crippen LogP contribution in [0.15, 0.2) is 60.0 Å². The van der Waals surface area contributed by atoms with Gasteiger partial charge in [0.05, 0.1) is 35.0 Å². The van der Waals surface area contributed by atoms with Crippen molar-refractivity contribution in [2.75, 3.05) is 30.9 Å². The SMILES string of the molecule is CO[C@@H]1C[C@H](C(NC(=O)C2=CN(c3ncnc4[nH]ccc34)CCS2)c2ccccc2)N(C(=O)OC(C)(C)C)C1. The molecule has 3 aromatic rings. The standard InChI is InChI=1S/C28H34N6O4S/c1-28(2,3)38-27(36)34-15-19(37-4)14-21(34)23(18-8-6-5-7-9-18)32-26(35)22-16-33(12-13-39-22)25-20-10-11-29-24(20)30-17-31-25/h5-11,16-17,19,21,23H,12-15H2,1-4H3,(H,32,35)(H,29,30,31)/t19-,21-,23?/m1/s1. The van der Waals surface area contributed by atoms with Gasteiger partial charge < -0.3 is 29.6 Å². The second kappa shape index (κ2) is 11.3. The molecule has 4 heterocycles. The Bertz CT molecular complexity index is 1350. The topological polar surface area (TPSA) is 113 Å². The molecule has 2 aliphatic rings. The molecule has 2 N–H and O–H groups in total. The number of likely N-dealkylation sites (tertiary alicyclic amines) is 1. The van der Waals surface area contributed by atoms with Crippen molar-refractivity contribution in [1.82, 2.24) is 25.2 Å². The van der Waals surface area contributed by atoms with Crippen LogP contribution in [0.4, 0.5) is 10.6 Å². The Hall–Kier alpha value is -3.57. The van der Waals surface area contributed by atoms with Crippen LogP contribution < -0.4 is 10.2 Å².